The highest BCUT2D eigenvalue weighted by Crippen LogP contribution is 2.30. The minimum absolute atomic E-state index is 0.359. The molecule has 0 saturated heterocycles. The summed E-state index contributed by atoms with van der Waals surface area (Å²) < 4.78 is 37.2. The Hall–Kier alpha value is -1.26. The molecule has 0 radical (unpaired) electrons. The van der Waals surface area contributed by atoms with Crippen LogP contribution >= 0.6 is 0 Å². The van der Waals surface area contributed by atoms with E-state index < -0.39 is 11.9 Å². The molecule has 5 heteroatoms. The van der Waals surface area contributed by atoms with Crippen LogP contribution in [0.4, 0.5) is 18.9 Å². The molecule has 1 fully saturated rings. The zero-order valence-electron chi connectivity index (χ0n) is 11.0. The van der Waals surface area contributed by atoms with Crippen LogP contribution in [0.1, 0.15) is 44.7 Å². The first-order valence-electron chi connectivity index (χ1n) is 6.79. The quantitative estimate of drug-likeness (QED) is 0.877. The molecule has 0 bridgehead atoms. The van der Waals surface area contributed by atoms with Crippen molar-refractivity contribution >= 4 is 5.69 Å². The Labute approximate surface area is 111 Å². The zero-order valence-corrected chi connectivity index (χ0v) is 11.0. The zero-order chi connectivity index (χ0) is 13.9. The molecule has 106 valence electrons. The highest BCUT2D eigenvalue weighted by atomic mass is 19.4. The third kappa shape index (κ3) is 3.85. The molecule has 2 atom stereocenters. The van der Waals surface area contributed by atoms with Gasteiger partial charge in [0.25, 0.3) is 0 Å². The summed E-state index contributed by atoms with van der Waals surface area (Å²) in [6.45, 7) is 2.19. The molecule has 2 rings (SSSR count). The van der Waals surface area contributed by atoms with Gasteiger partial charge < -0.3 is 5.32 Å². The van der Waals surface area contributed by atoms with E-state index in [1.807, 2.05) is 0 Å². The van der Waals surface area contributed by atoms with E-state index in [2.05, 4.69) is 17.2 Å². The van der Waals surface area contributed by atoms with Crippen molar-refractivity contribution in [1.82, 2.24) is 4.98 Å². The van der Waals surface area contributed by atoms with Gasteiger partial charge in [-0.05, 0) is 30.9 Å². The van der Waals surface area contributed by atoms with Crippen molar-refractivity contribution in [1.29, 1.82) is 0 Å². The standard InChI is InChI=1S/C14H19F3N2/c1-2-10-4-3-5-11(8-10)19-12-6-7-13(18-9-12)14(15,16)17/h6-7,9-11,19H,2-5,8H2,1H3. The van der Waals surface area contributed by atoms with Crippen molar-refractivity contribution in [3.8, 4) is 0 Å². The fourth-order valence-corrected chi connectivity index (χ4v) is 2.68. The molecule has 0 aliphatic heterocycles. The van der Waals surface area contributed by atoms with Crippen molar-refractivity contribution in [2.24, 2.45) is 5.92 Å². The maximum atomic E-state index is 12.4. The summed E-state index contributed by atoms with van der Waals surface area (Å²) in [4.78, 5) is 3.47. The van der Waals surface area contributed by atoms with Crippen LogP contribution in [-0.2, 0) is 6.18 Å². The molecular formula is C14H19F3N2. The number of hydrogen-bond donors (Lipinski definition) is 1. The van der Waals surface area contributed by atoms with Gasteiger partial charge in [-0.1, -0.05) is 26.2 Å². The van der Waals surface area contributed by atoms with E-state index in [9.17, 15) is 13.2 Å². The molecule has 0 aromatic carbocycles. The summed E-state index contributed by atoms with van der Waals surface area (Å²) in [6, 6.07) is 2.85. The average molecular weight is 272 g/mol. The average Bonchev–Trinajstić information content (AvgIpc) is 2.38. The Balaban J connectivity index is 1.96. The monoisotopic (exact) mass is 272 g/mol. The smallest absolute Gasteiger partial charge is 0.381 e. The molecule has 1 saturated carbocycles. The van der Waals surface area contributed by atoms with Crippen LogP contribution in [0.3, 0.4) is 0 Å². The molecule has 1 heterocycles. The number of nitrogens with one attached hydrogen (secondary N) is 1. The number of halogens is 3. The molecule has 2 nitrogen and oxygen atoms in total. The summed E-state index contributed by atoms with van der Waals surface area (Å²) in [5.74, 6) is 0.730. The second-order valence-electron chi connectivity index (χ2n) is 5.21. The SMILES string of the molecule is CCC1CCCC(Nc2ccc(C(F)(F)F)nc2)C1. The second-order valence-corrected chi connectivity index (χ2v) is 5.21. The van der Waals surface area contributed by atoms with Crippen LogP contribution in [0.2, 0.25) is 0 Å². The Morgan fingerprint density at radius 3 is 2.68 bits per heavy atom. The molecule has 1 aliphatic rings. The van der Waals surface area contributed by atoms with E-state index in [0.29, 0.717) is 11.7 Å². The van der Waals surface area contributed by atoms with Crippen LogP contribution in [-0.4, -0.2) is 11.0 Å². The van der Waals surface area contributed by atoms with Gasteiger partial charge in [0, 0.05) is 6.04 Å². The molecule has 0 amide bonds. The maximum Gasteiger partial charge on any atom is 0.433 e. The van der Waals surface area contributed by atoms with E-state index >= 15 is 0 Å². The van der Waals surface area contributed by atoms with Crippen LogP contribution < -0.4 is 5.32 Å². The lowest BCUT2D eigenvalue weighted by Gasteiger charge is -2.29. The van der Waals surface area contributed by atoms with Crippen molar-refractivity contribution < 1.29 is 13.2 Å². The fraction of sp³-hybridized carbons (Fsp3) is 0.643. The normalized spacial score (nSPS) is 24.2. The molecule has 2 unspecified atom stereocenters. The first kappa shape index (κ1) is 14.2. The highest BCUT2D eigenvalue weighted by Gasteiger charge is 2.32. The van der Waals surface area contributed by atoms with Crippen LogP contribution in [0.5, 0.6) is 0 Å². The van der Waals surface area contributed by atoms with Gasteiger partial charge in [0.1, 0.15) is 5.69 Å². The van der Waals surface area contributed by atoms with Crippen molar-refractivity contribution in [2.45, 2.75) is 51.2 Å². The number of aromatic nitrogens is 1. The third-order valence-corrected chi connectivity index (χ3v) is 3.78. The van der Waals surface area contributed by atoms with Gasteiger partial charge in [-0.2, -0.15) is 13.2 Å². The summed E-state index contributed by atoms with van der Waals surface area (Å²) in [5.41, 5.74) is -0.164. The van der Waals surface area contributed by atoms with Gasteiger partial charge in [0.15, 0.2) is 0 Å². The molecular weight excluding hydrogens is 253 g/mol. The van der Waals surface area contributed by atoms with E-state index in [4.69, 9.17) is 0 Å². The number of nitrogens with zero attached hydrogens (tertiary/aromatic N) is 1. The Bertz CT molecular complexity index is 400. The van der Waals surface area contributed by atoms with Gasteiger partial charge in [0.2, 0.25) is 0 Å². The molecule has 1 aromatic rings. The van der Waals surface area contributed by atoms with Crippen molar-refractivity contribution in [3.05, 3.63) is 24.0 Å². The lowest BCUT2D eigenvalue weighted by Crippen LogP contribution is -2.27. The van der Waals surface area contributed by atoms with Crippen molar-refractivity contribution in [2.75, 3.05) is 5.32 Å². The van der Waals surface area contributed by atoms with Gasteiger partial charge in [-0.25, -0.2) is 4.98 Å². The van der Waals surface area contributed by atoms with Gasteiger partial charge in [0.05, 0.1) is 11.9 Å². The number of rotatable bonds is 3. The largest absolute Gasteiger partial charge is 0.433 e. The number of pyridine rings is 1. The first-order chi connectivity index (χ1) is 8.99. The number of anilines is 1. The molecule has 19 heavy (non-hydrogen) atoms. The number of alkyl halides is 3. The second kappa shape index (κ2) is 5.80. The molecule has 0 spiro atoms. The van der Waals surface area contributed by atoms with Crippen LogP contribution in [0, 0.1) is 5.92 Å². The number of hydrogen-bond acceptors (Lipinski definition) is 2. The minimum atomic E-state index is -4.36. The van der Waals surface area contributed by atoms with Crippen LogP contribution in [0.25, 0.3) is 0 Å². The molecule has 1 aromatic heterocycles. The van der Waals surface area contributed by atoms with Gasteiger partial charge >= 0.3 is 6.18 Å². The Morgan fingerprint density at radius 1 is 1.32 bits per heavy atom. The third-order valence-electron chi connectivity index (χ3n) is 3.78. The molecule has 1 aliphatic carbocycles. The predicted molar refractivity (Wildman–Crippen MR) is 68.9 cm³/mol. The summed E-state index contributed by atoms with van der Waals surface area (Å²) in [7, 11) is 0. The lowest BCUT2D eigenvalue weighted by molar-refractivity contribution is -0.141. The Kier molecular flexibility index (Phi) is 4.32. The van der Waals surface area contributed by atoms with Gasteiger partial charge in [-0.15, -0.1) is 0 Å². The first-order valence-corrected chi connectivity index (χ1v) is 6.79. The van der Waals surface area contributed by atoms with E-state index in [1.54, 1.807) is 0 Å². The van der Waals surface area contributed by atoms with Gasteiger partial charge in [-0.3, -0.25) is 0 Å². The maximum absolute atomic E-state index is 12.4. The van der Waals surface area contributed by atoms with E-state index in [0.717, 1.165) is 24.8 Å². The van der Waals surface area contributed by atoms with E-state index in [1.165, 1.54) is 31.5 Å². The lowest BCUT2D eigenvalue weighted by atomic mass is 9.84. The minimum Gasteiger partial charge on any atom is -0.381 e. The molecule has 1 N–H and O–H groups in total. The topological polar surface area (TPSA) is 24.9 Å². The Morgan fingerprint density at radius 2 is 2.11 bits per heavy atom. The van der Waals surface area contributed by atoms with Crippen LogP contribution in [0.15, 0.2) is 18.3 Å². The summed E-state index contributed by atoms with van der Waals surface area (Å²) >= 11 is 0. The predicted octanol–water partition coefficient (Wildman–Crippen LogP) is 4.48. The highest BCUT2D eigenvalue weighted by molar-refractivity contribution is 5.42. The van der Waals surface area contributed by atoms with Crippen molar-refractivity contribution in [3.63, 3.8) is 0 Å². The summed E-state index contributed by atoms with van der Waals surface area (Å²) in [5, 5.41) is 3.29. The summed E-state index contributed by atoms with van der Waals surface area (Å²) in [6.07, 6.45) is 2.71. The fourth-order valence-electron chi connectivity index (χ4n) is 2.68. The van der Waals surface area contributed by atoms with E-state index in [-0.39, 0.29) is 0 Å².